The molecular formula is C15H22N2O2. The third kappa shape index (κ3) is 3.19. The molecule has 4 heteroatoms. The van der Waals surface area contributed by atoms with Crippen molar-refractivity contribution in [1.82, 2.24) is 0 Å². The van der Waals surface area contributed by atoms with Gasteiger partial charge < -0.3 is 10.1 Å². The molecule has 1 aliphatic rings. The van der Waals surface area contributed by atoms with Gasteiger partial charge in [0.2, 0.25) is 0 Å². The summed E-state index contributed by atoms with van der Waals surface area (Å²) in [5.74, 6) is 0. The maximum absolute atomic E-state index is 12.3. The van der Waals surface area contributed by atoms with E-state index in [0.717, 1.165) is 24.3 Å². The van der Waals surface area contributed by atoms with Gasteiger partial charge in [0.1, 0.15) is 5.60 Å². The molecule has 0 aliphatic carbocycles. The Labute approximate surface area is 114 Å². The number of benzene rings is 1. The first-order valence-electron chi connectivity index (χ1n) is 6.78. The van der Waals surface area contributed by atoms with Crippen LogP contribution in [0.3, 0.4) is 0 Å². The third-order valence-electron chi connectivity index (χ3n) is 3.03. The quantitative estimate of drug-likeness (QED) is 0.843. The van der Waals surface area contributed by atoms with E-state index < -0.39 is 5.60 Å². The number of fused-ring (bicyclic) bond motifs is 1. The highest BCUT2D eigenvalue weighted by molar-refractivity contribution is 5.93. The van der Waals surface area contributed by atoms with E-state index in [1.807, 2.05) is 26.8 Å². The summed E-state index contributed by atoms with van der Waals surface area (Å²) in [7, 11) is 0. The first-order chi connectivity index (χ1) is 8.90. The second-order valence-corrected chi connectivity index (χ2v) is 5.76. The molecule has 2 rings (SSSR count). The zero-order chi connectivity index (χ0) is 14.0. The van der Waals surface area contributed by atoms with E-state index >= 15 is 0 Å². The molecule has 1 N–H and O–H groups in total. The highest BCUT2D eigenvalue weighted by Crippen LogP contribution is 2.31. The fourth-order valence-electron chi connectivity index (χ4n) is 2.10. The lowest BCUT2D eigenvalue weighted by Crippen LogP contribution is -2.42. The zero-order valence-corrected chi connectivity index (χ0v) is 12.1. The van der Waals surface area contributed by atoms with E-state index in [1.54, 1.807) is 4.90 Å². The van der Waals surface area contributed by atoms with Crippen LogP contribution >= 0.6 is 0 Å². The lowest BCUT2D eigenvalue weighted by molar-refractivity contribution is 0.0581. The van der Waals surface area contributed by atoms with Crippen LogP contribution in [0.5, 0.6) is 0 Å². The summed E-state index contributed by atoms with van der Waals surface area (Å²) >= 11 is 0. The van der Waals surface area contributed by atoms with Crippen molar-refractivity contribution >= 4 is 17.5 Å². The second-order valence-electron chi connectivity index (χ2n) is 5.76. The Morgan fingerprint density at radius 3 is 2.79 bits per heavy atom. The summed E-state index contributed by atoms with van der Waals surface area (Å²) in [6.07, 6.45) is 0.679. The third-order valence-corrected chi connectivity index (χ3v) is 3.03. The molecule has 0 atom stereocenters. The second kappa shape index (κ2) is 5.11. The maximum atomic E-state index is 12.3. The first-order valence-corrected chi connectivity index (χ1v) is 6.78. The summed E-state index contributed by atoms with van der Waals surface area (Å²) in [6, 6.07) is 6.18. The van der Waals surface area contributed by atoms with Gasteiger partial charge in [-0.1, -0.05) is 13.0 Å². The number of carbonyl (C=O) groups excluding carboxylic acids is 1. The molecule has 19 heavy (non-hydrogen) atoms. The van der Waals surface area contributed by atoms with Crippen LogP contribution in [0.2, 0.25) is 0 Å². The van der Waals surface area contributed by atoms with Crippen molar-refractivity contribution in [3.05, 3.63) is 23.8 Å². The van der Waals surface area contributed by atoms with Gasteiger partial charge >= 0.3 is 6.09 Å². The minimum absolute atomic E-state index is 0.275. The summed E-state index contributed by atoms with van der Waals surface area (Å²) in [5, 5.41) is 3.31. The van der Waals surface area contributed by atoms with Crippen LogP contribution in [0.15, 0.2) is 18.2 Å². The Balaban J connectivity index is 2.28. The molecule has 0 aromatic heterocycles. The van der Waals surface area contributed by atoms with Crippen LogP contribution in [-0.4, -0.2) is 24.8 Å². The maximum Gasteiger partial charge on any atom is 0.414 e. The number of aryl methyl sites for hydroxylation is 1. The molecule has 1 aromatic carbocycles. The van der Waals surface area contributed by atoms with Gasteiger partial charge in [0.25, 0.3) is 0 Å². The van der Waals surface area contributed by atoms with E-state index in [9.17, 15) is 4.79 Å². The molecule has 0 fully saturated rings. The number of rotatable bonds is 1. The molecule has 0 bridgehead atoms. The van der Waals surface area contributed by atoms with Gasteiger partial charge in [0.05, 0.1) is 11.4 Å². The lowest BCUT2D eigenvalue weighted by atomic mass is 10.1. The standard InChI is InChI=1S/C15H22N2O2/c1-5-11-6-7-12-13(10-11)17(9-8-16-12)14(18)19-15(2,3)4/h6-7,10,16H,5,8-9H2,1-4H3. The monoisotopic (exact) mass is 262 g/mol. The minimum Gasteiger partial charge on any atom is -0.443 e. The summed E-state index contributed by atoms with van der Waals surface area (Å²) < 4.78 is 5.47. The van der Waals surface area contributed by atoms with E-state index in [2.05, 4.69) is 24.4 Å². The van der Waals surface area contributed by atoms with Gasteiger partial charge in [-0.2, -0.15) is 0 Å². The van der Waals surface area contributed by atoms with Crippen LogP contribution in [0.25, 0.3) is 0 Å². The van der Waals surface area contributed by atoms with Crippen molar-refractivity contribution in [3.8, 4) is 0 Å². The van der Waals surface area contributed by atoms with E-state index in [1.165, 1.54) is 5.56 Å². The molecule has 1 heterocycles. The van der Waals surface area contributed by atoms with E-state index in [0.29, 0.717) is 6.54 Å². The fourth-order valence-corrected chi connectivity index (χ4v) is 2.10. The Morgan fingerprint density at radius 2 is 2.16 bits per heavy atom. The van der Waals surface area contributed by atoms with Crippen molar-refractivity contribution in [1.29, 1.82) is 0 Å². The predicted octanol–water partition coefficient (Wildman–Crippen LogP) is 3.42. The van der Waals surface area contributed by atoms with Crippen molar-refractivity contribution in [3.63, 3.8) is 0 Å². The molecule has 1 aliphatic heterocycles. The molecule has 4 nitrogen and oxygen atoms in total. The fraction of sp³-hybridized carbons (Fsp3) is 0.533. The van der Waals surface area contributed by atoms with Gasteiger partial charge in [-0.3, -0.25) is 4.90 Å². The number of amides is 1. The lowest BCUT2D eigenvalue weighted by Gasteiger charge is -2.32. The Hall–Kier alpha value is -1.71. The highest BCUT2D eigenvalue weighted by Gasteiger charge is 2.27. The molecule has 0 unspecified atom stereocenters. The number of carbonyl (C=O) groups is 1. The number of ether oxygens (including phenoxy) is 1. The van der Waals surface area contributed by atoms with Gasteiger partial charge in [-0.05, 0) is 44.9 Å². The van der Waals surface area contributed by atoms with Gasteiger partial charge in [-0.15, -0.1) is 0 Å². The van der Waals surface area contributed by atoms with Crippen molar-refractivity contribution in [2.24, 2.45) is 0 Å². The smallest absolute Gasteiger partial charge is 0.414 e. The van der Waals surface area contributed by atoms with E-state index in [4.69, 9.17) is 4.74 Å². The molecule has 0 spiro atoms. The van der Waals surface area contributed by atoms with Crippen molar-refractivity contribution in [2.45, 2.75) is 39.7 Å². The molecule has 0 saturated heterocycles. The van der Waals surface area contributed by atoms with Crippen LogP contribution in [0.1, 0.15) is 33.3 Å². The number of nitrogens with one attached hydrogen (secondary N) is 1. The van der Waals surface area contributed by atoms with Gasteiger partial charge in [-0.25, -0.2) is 4.79 Å². The van der Waals surface area contributed by atoms with E-state index in [-0.39, 0.29) is 6.09 Å². The van der Waals surface area contributed by atoms with Crippen molar-refractivity contribution < 1.29 is 9.53 Å². The Kier molecular flexibility index (Phi) is 3.69. The molecular weight excluding hydrogens is 240 g/mol. The predicted molar refractivity (Wildman–Crippen MR) is 77.9 cm³/mol. The highest BCUT2D eigenvalue weighted by atomic mass is 16.6. The largest absolute Gasteiger partial charge is 0.443 e. The Morgan fingerprint density at radius 1 is 1.42 bits per heavy atom. The summed E-state index contributed by atoms with van der Waals surface area (Å²) in [6.45, 7) is 9.14. The van der Waals surface area contributed by atoms with Crippen molar-refractivity contribution in [2.75, 3.05) is 23.3 Å². The van der Waals surface area contributed by atoms with Gasteiger partial charge in [0, 0.05) is 13.1 Å². The number of hydrogen-bond donors (Lipinski definition) is 1. The SMILES string of the molecule is CCc1ccc2c(c1)N(C(=O)OC(C)(C)C)CCN2. The van der Waals surface area contributed by atoms with Crippen LogP contribution < -0.4 is 10.2 Å². The number of hydrogen-bond acceptors (Lipinski definition) is 3. The number of nitrogens with zero attached hydrogens (tertiary/aromatic N) is 1. The normalized spacial score (nSPS) is 14.6. The summed E-state index contributed by atoms with van der Waals surface area (Å²) in [5.41, 5.74) is 2.66. The molecule has 0 saturated carbocycles. The van der Waals surface area contributed by atoms with Crippen LogP contribution in [0, 0.1) is 0 Å². The average Bonchev–Trinajstić information content (AvgIpc) is 2.35. The molecule has 104 valence electrons. The van der Waals surface area contributed by atoms with Crippen LogP contribution in [0.4, 0.5) is 16.2 Å². The zero-order valence-electron chi connectivity index (χ0n) is 12.1. The first kappa shape index (κ1) is 13.7. The minimum atomic E-state index is -0.468. The topological polar surface area (TPSA) is 41.6 Å². The molecule has 1 aromatic rings. The average molecular weight is 262 g/mol. The molecule has 0 radical (unpaired) electrons. The van der Waals surface area contributed by atoms with Gasteiger partial charge in [0.15, 0.2) is 0 Å². The number of anilines is 2. The van der Waals surface area contributed by atoms with Crippen LogP contribution in [-0.2, 0) is 11.2 Å². The Bertz CT molecular complexity index is 478. The molecule has 1 amide bonds. The summed E-state index contributed by atoms with van der Waals surface area (Å²) in [4.78, 5) is 14.0.